The average Bonchev–Trinajstić information content (AvgIpc) is 3.52. The van der Waals surface area contributed by atoms with Crippen LogP contribution in [0.4, 0.5) is 5.95 Å². The van der Waals surface area contributed by atoms with Gasteiger partial charge >= 0.3 is 0 Å². The average molecular weight is 505 g/mol. The third kappa shape index (κ3) is 4.89. The molecule has 0 amide bonds. The van der Waals surface area contributed by atoms with Gasteiger partial charge in [-0.2, -0.15) is 9.97 Å². The number of rotatable bonds is 9. The van der Waals surface area contributed by atoms with Crippen LogP contribution in [0.5, 0.6) is 11.8 Å². The van der Waals surface area contributed by atoms with Crippen LogP contribution in [0.15, 0.2) is 18.7 Å². The molecule has 1 saturated heterocycles. The van der Waals surface area contributed by atoms with Crippen LogP contribution >= 0.6 is 0 Å². The largest absolute Gasteiger partial charge is 0.479 e. The molecular formula is C21H28N8O5S. The van der Waals surface area contributed by atoms with Gasteiger partial charge in [-0.05, 0) is 26.7 Å². The van der Waals surface area contributed by atoms with Crippen molar-refractivity contribution in [3.63, 3.8) is 0 Å². The molecule has 0 aliphatic carbocycles. The topological polar surface area (TPSA) is 156 Å². The molecule has 3 aromatic rings. The van der Waals surface area contributed by atoms with E-state index < -0.39 is 27.3 Å². The van der Waals surface area contributed by atoms with Gasteiger partial charge in [0.25, 0.3) is 0 Å². The molecule has 1 N–H and O–H groups in total. The van der Waals surface area contributed by atoms with E-state index >= 15 is 0 Å². The van der Waals surface area contributed by atoms with E-state index in [1.807, 2.05) is 6.92 Å². The summed E-state index contributed by atoms with van der Waals surface area (Å²) in [6, 6.07) is 0. The van der Waals surface area contributed by atoms with Crippen molar-refractivity contribution in [1.82, 2.24) is 34.7 Å². The molecule has 0 saturated carbocycles. The molecule has 1 aliphatic heterocycles. The molecule has 3 atom stereocenters. The number of aromatic nitrogens is 7. The maximum absolute atomic E-state index is 13.4. The summed E-state index contributed by atoms with van der Waals surface area (Å²) in [6.45, 7) is 5.76. The number of hydrogen-bond acceptors (Lipinski definition) is 11. The Balaban J connectivity index is 1.76. The molecule has 188 valence electrons. The molecule has 0 spiro atoms. The van der Waals surface area contributed by atoms with Crippen LogP contribution in [0.3, 0.4) is 0 Å². The summed E-state index contributed by atoms with van der Waals surface area (Å²) in [5.41, 5.74) is 1.57. The van der Waals surface area contributed by atoms with Crippen molar-refractivity contribution in [1.29, 1.82) is 0 Å². The second kappa shape index (κ2) is 10.1. The highest BCUT2D eigenvalue weighted by atomic mass is 32.2. The van der Waals surface area contributed by atoms with Gasteiger partial charge in [-0.15, -0.1) is 10.2 Å². The maximum Gasteiger partial charge on any atom is 0.245 e. The van der Waals surface area contributed by atoms with Crippen LogP contribution in [-0.2, 0) is 14.8 Å². The second-order valence-electron chi connectivity index (χ2n) is 8.18. The maximum atomic E-state index is 13.4. The van der Waals surface area contributed by atoms with Crippen LogP contribution < -0.4 is 14.2 Å². The number of hydrogen-bond donors (Lipinski definition) is 1. The Bertz CT molecular complexity index is 1250. The van der Waals surface area contributed by atoms with Gasteiger partial charge in [0.05, 0.1) is 30.9 Å². The summed E-state index contributed by atoms with van der Waals surface area (Å²) in [4.78, 5) is 16.9. The number of sulfonamides is 1. The van der Waals surface area contributed by atoms with Gasteiger partial charge < -0.3 is 14.2 Å². The van der Waals surface area contributed by atoms with Gasteiger partial charge in [-0.1, -0.05) is 6.92 Å². The lowest BCUT2D eigenvalue weighted by Crippen LogP contribution is -2.31. The van der Waals surface area contributed by atoms with Gasteiger partial charge in [0.1, 0.15) is 12.4 Å². The Labute approximate surface area is 203 Å². The monoisotopic (exact) mass is 504 g/mol. The lowest BCUT2D eigenvalue weighted by molar-refractivity contribution is 0.103. The molecule has 1 aliphatic rings. The zero-order valence-corrected chi connectivity index (χ0v) is 21.0. The highest BCUT2D eigenvalue weighted by Crippen LogP contribution is 2.37. The van der Waals surface area contributed by atoms with Crippen molar-refractivity contribution in [2.75, 3.05) is 25.5 Å². The Morgan fingerprint density at radius 2 is 1.80 bits per heavy atom. The number of nitrogens with zero attached hydrogens (tertiary/aromatic N) is 7. The van der Waals surface area contributed by atoms with E-state index in [1.165, 1.54) is 25.1 Å². The SMILES string of the molecule is COc1ncnc(OC)c1-n1c(NS(=O)(=O)C(C)C(C)c2cnc(C)cn2)nnc1[C@H]1CCCO1. The number of anilines is 1. The molecule has 35 heavy (non-hydrogen) atoms. The molecule has 13 nitrogen and oxygen atoms in total. The molecule has 0 bridgehead atoms. The fraction of sp³-hybridized carbons (Fsp3) is 0.524. The molecule has 3 aromatic heterocycles. The van der Waals surface area contributed by atoms with Gasteiger partial charge in [0.2, 0.25) is 27.7 Å². The first-order valence-electron chi connectivity index (χ1n) is 11.1. The van der Waals surface area contributed by atoms with E-state index in [4.69, 9.17) is 14.2 Å². The fourth-order valence-electron chi connectivity index (χ4n) is 3.78. The summed E-state index contributed by atoms with van der Waals surface area (Å²) in [7, 11) is -1.07. The Morgan fingerprint density at radius 3 is 2.37 bits per heavy atom. The predicted molar refractivity (Wildman–Crippen MR) is 125 cm³/mol. The van der Waals surface area contributed by atoms with Gasteiger partial charge in [0.15, 0.2) is 11.5 Å². The van der Waals surface area contributed by atoms with Crippen LogP contribution in [0.1, 0.15) is 55.9 Å². The Morgan fingerprint density at radius 1 is 1.09 bits per heavy atom. The minimum absolute atomic E-state index is 0.0593. The molecule has 0 radical (unpaired) electrons. The minimum atomic E-state index is -3.96. The van der Waals surface area contributed by atoms with E-state index in [1.54, 1.807) is 26.2 Å². The van der Waals surface area contributed by atoms with Crippen LogP contribution in [0.2, 0.25) is 0 Å². The number of methoxy groups -OCH3 is 2. The van der Waals surface area contributed by atoms with E-state index in [2.05, 4.69) is 34.9 Å². The summed E-state index contributed by atoms with van der Waals surface area (Å²) >= 11 is 0. The lowest BCUT2D eigenvalue weighted by atomic mass is 10.1. The zero-order chi connectivity index (χ0) is 25.2. The first-order valence-corrected chi connectivity index (χ1v) is 12.6. The predicted octanol–water partition coefficient (Wildman–Crippen LogP) is 1.96. The first kappa shape index (κ1) is 24.7. The third-order valence-corrected chi connectivity index (χ3v) is 7.82. The van der Waals surface area contributed by atoms with Crippen molar-refractivity contribution in [3.05, 3.63) is 35.9 Å². The summed E-state index contributed by atoms with van der Waals surface area (Å²) in [6.07, 6.45) is 5.62. The Kier molecular flexibility index (Phi) is 7.12. The van der Waals surface area contributed by atoms with Gasteiger partial charge in [0, 0.05) is 24.9 Å². The first-order chi connectivity index (χ1) is 16.8. The van der Waals surface area contributed by atoms with Crippen LogP contribution in [0.25, 0.3) is 5.69 Å². The normalized spacial score (nSPS) is 17.7. The van der Waals surface area contributed by atoms with Crippen molar-refractivity contribution < 1.29 is 22.6 Å². The number of nitrogens with one attached hydrogen (secondary N) is 1. The van der Waals surface area contributed by atoms with Crippen molar-refractivity contribution >= 4 is 16.0 Å². The van der Waals surface area contributed by atoms with Crippen molar-refractivity contribution in [3.8, 4) is 17.4 Å². The molecule has 2 unspecified atom stereocenters. The van der Waals surface area contributed by atoms with Gasteiger partial charge in [-0.3, -0.25) is 19.3 Å². The third-order valence-electron chi connectivity index (χ3n) is 5.97. The summed E-state index contributed by atoms with van der Waals surface area (Å²) in [5, 5.41) is 7.53. The number of ether oxygens (including phenoxy) is 3. The van der Waals surface area contributed by atoms with E-state index in [0.717, 1.165) is 12.1 Å². The standard InChI is InChI=1S/C21H28N8O5S/c1-12-9-23-15(10-22-12)13(2)14(3)35(30,31)28-21-27-26-18(16-7-6-8-34-16)29(21)17-19(32-4)24-11-25-20(17)33-5/h9-11,13-14,16H,6-8H2,1-5H3,(H,27,28)/t13?,14?,16-/m1/s1. The van der Waals surface area contributed by atoms with Crippen LogP contribution in [-0.4, -0.2) is 69.2 Å². The van der Waals surface area contributed by atoms with Crippen molar-refractivity contribution in [2.24, 2.45) is 0 Å². The molecular weight excluding hydrogens is 476 g/mol. The van der Waals surface area contributed by atoms with Crippen LogP contribution in [0, 0.1) is 6.92 Å². The quantitative estimate of drug-likeness (QED) is 0.454. The minimum Gasteiger partial charge on any atom is -0.479 e. The second-order valence-corrected chi connectivity index (χ2v) is 10.2. The number of aryl methyl sites for hydroxylation is 1. The van der Waals surface area contributed by atoms with E-state index in [9.17, 15) is 8.42 Å². The molecule has 0 aromatic carbocycles. The molecule has 4 heterocycles. The molecule has 1 fully saturated rings. The van der Waals surface area contributed by atoms with Gasteiger partial charge in [-0.25, -0.2) is 8.42 Å². The Hall–Kier alpha value is -3.39. The fourth-order valence-corrected chi connectivity index (χ4v) is 5.03. The molecule has 14 heteroatoms. The zero-order valence-electron chi connectivity index (χ0n) is 20.2. The highest BCUT2D eigenvalue weighted by molar-refractivity contribution is 7.93. The summed E-state index contributed by atoms with van der Waals surface area (Å²) in [5.74, 6) is 0.201. The van der Waals surface area contributed by atoms with E-state index in [-0.39, 0.29) is 23.4 Å². The smallest absolute Gasteiger partial charge is 0.245 e. The van der Waals surface area contributed by atoms with Crippen molar-refractivity contribution in [2.45, 2.75) is 50.9 Å². The lowest BCUT2D eigenvalue weighted by Gasteiger charge is -2.21. The summed E-state index contributed by atoms with van der Waals surface area (Å²) < 4.78 is 47.6. The molecule has 4 rings (SSSR count). The van der Waals surface area contributed by atoms with E-state index in [0.29, 0.717) is 24.5 Å². The highest BCUT2D eigenvalue weighted by Gasteiger charge is 2.34.